The second-order valence-corrected chi connectivity index (χ2v) is 22.5. The molecule has 0 aliphatic carbocycles. The van der Waals surface area contributed by atoms with Crippen LogP contribution in [0.2, 0.25) is 0 Å². The molecule has 5 nitrogen and oxygen atoms in total. The minimum Gasteiger partial charge on any atom is -0.501 e. The summed E-state index contributed by atoms with van der Waals surface area (Å²) in [5.74, 6) is 1.89. The smallest absolute Gasteiger partial charge is 0.121 e. The van der Waals surface area contributed by atoms with Gasteiger partial charge in [0.25, 0.3) is 0 Å². The van der Waals surface area contributed by atoms with E-state index >= 15 is 0 Å². The molecule has 0 aliphatic rings. The topological polar surface area (TPSA) is 56.7 Å². The van der Waals surface area contributed by atoms with Gasteiger partial charge in [0.1, 0.15) is 5.58 Å². The van der Waals surface area contributed by atoms with Crippen LogP contribution in [-0.2, 0) is 30.9 Å². The molecule has 76 heavy (non-hydrogen) atoms. The Hall–Kier alpha value is -7.50. The molecule has 1 radical (unpaired) electrons. The summed E-state index contributed by atoms with van der Waals surface area (Å²) in [5, 5.41) is 7.00. The first-order valence-corrected chi connectivity index (χ1v) is 26.1. The average molecular weight is 1170 g/mol. The van der Waals surface area contributed by atoms with Crippen LogP contribution < -0.4 is 0 Å². The molecule has 0 bridgehead atoms. The molecule has 0 fully saturated rings. The largest absolute Gasteiger partial charge is 0.501 e. The van der Waals surface area contributed by atoms with E-state index in [0.717, 1.165) is 50.1 Å². The third-order valence-electron chi connectivity index (χ3n) is 14.5. The number of imidazole rings is 1. The molecule has 0 aliphatic heterocycles. The maximum absolute atomic E-state index is 7.35. The Morgan fingerprint density at radius 1 is 0.579 bits per heavy atom. The number of para-hydroxylation sites is 2. The van der Waals surface area contributed by atoms with Gasteiger partial charge in [0.15, 0.2) is 0 Å². The van der Waals surface area contributed by atoms with E-state index in [-0.39, 0.29) is 48.3 Å². The Bertz CT molecular complexity index is 4170. The summed E-state index contributed by atoms with van der Waals surface area (Å²) in [7, 11) is 0. The van der Waals surface area contributed by atoms with Crippen molar-refractivity contribution in [3.63, 3.8) is 0 Å². The molecule has 12 rings (SSSR count). The van der Waals surface area contributed by atoms with Gasteiger partial charge in [-0.05, 0) is 120 Å². The van der Waals surface area contributed by atoms with Gasteiger partial charge in [-0.3, -0.25) is 15.0 Å². The molecule has 381 valence electrons. The third-order valence-corrected chi connectivity index (χ3v) is 14.5. The molecule has 3 aromatic heterocycles. The van der Waals surface area contributed by atoms with E-state index in [1.807, 2.05) is 12.1 Å². The van der Waals surface area contributed by atoms with Crippen LogP contribution in [0.15, 0.2) is 180 Å². The van der Waals surface area contributed by atoms with Crippen molar-refractivity contribution in [3.05, 3.63) is 216 Å². The number of benzene rings is 9. The standard InChI is InChI=1S/C55H47N2O.C15H17N2.Ir/c1-33(2)45-30-40(37-21-19-35(20-22-37)36-25-27-41(28-26-36)55(5,6)7)31-46(34(3)4)52(45)57-50-18-11-10-17-49(50)56-54(57)44-16-12-15-43-48-29-39-24-23-38-13-8-9-14-42(38)47(39)32-51(48)58-53(43)44;1-11-5-7-12(8-6-11)14-16-10-9-13(17-14)15(2,3)4;/h8-15,17-34H,1-7H3;5-7,9-10H,1-4H3;/q2*-1;/i;1D3;. The summed E-state index contributed by atoms with van der Waals surface area (Å²) < 4.78 is 31.3. The molecule has 9 aromatic carbocycles. The zero-order chi connectivity index (χ0) is 54.8. The summed E-state index contributed by atoms with van der Waals surface area (Å²) in [6, 6.07) is 66.2. The Morgan fingerprint density at radius 2 is 1.24 bits per heavy atom. The Balaban J connectivity index is 0.000000284. The molecule has 0 spiro atoms. The van der Waals surface area contributed by atoms with Crippen LogP contribution in [0.4, 0.5) is 0 Å². The first kappa shape index (κ1) is 48.2. The van der Waals surface area contributed by atoms with Crippen LogP contribution in [0.5, 0.6) is 0 Å². The number of aromatic nitrogens is 4. The van der Waals surface area contributed by atoms with Gasteiger partial charge in [-0.25, -0.2) is 0 Å². The molecule has 0 amide bonds. The van der Waals surface area contributed by atoms with Crippen LogP contribution >= 0.6 is 0 Å². The van der Waals surface area contributed by atoms with Crippen molar-refractivity contribution in [2.75, 3.05) is 0 Å². The second kappa shape index (κ2) is 20.6. The van der Waals surface area contributed by atoms with Crippen molar-refractivity contribution in [1.29, 1.82) is 0 Å². The quantitative estimate of drug-likeness (QED) is 0.118. The van der Waals surface area contributed by atoms with Crippen LogP contribution in [0.25, 0.3) is 105 Å². The third kappa shape index (κ3) is 9.93. The van der Waals surface area contributed by atoms with Crippen molar-refractivity contribution in [2.45, 2.75) is 98.8 Å². The van der Waals surface area contributed by atoms with Gasteiger partial charge in [-0.2, -0.15) is 0 Å². The van der Waals surface area contributed by atoms with Crippen LogP contribution in [0.1, 0.15) is 113 Å². The minimum atomic E-state index is -2.11. The van der Waals surface area contributed by atoms with Gasteiger partial charge in [0.2, 0.25) is 0 Å². The fraction of sp³-hybridized carbons (Fsp3) is 0.214. The number of fused-ring (bicyclic) bond motifs is 7. The molecule has 0 unspecified atom stereocenters. The number of hydrogen-bond acceptors (Lipinski definition) is 4. The van der Waals surface area contributed by atoms with E-state index in [4.69, 9.17) is 13.5 Å². The zero-order valence-electron chi connectivity index (χ0n) is 47.9. The van der Waals surface area contributed by atoms with Crippen molar-refractivity contribution in [3.8, 4) is 50.7 Å². The van der Waals surface area contributed by atoms with E-state index in [0.29, 0.717) is 11.4 Å². The number of aryl methyl sites for hydroxylation is 1. The van der Waals surface area contributed by atoms with Crippen molar-refractivity contribution >= 4 is 54.5 Å². The molecule has 12 aromatic rings. The van der Waals surface area contributed by atoms with Crippen LogP contribution in [-0.4, -0.2) is 19.5 Å². The van der Waals surface area contributed by atoms with E-state index in [9.17, 15) is 0 Å². The van der Waals surface area contributed by atoms with Gasteiger partial charge in [0, 0.05) is 52.6 Å². The number of hydrogen-bond donors (Lipinski definition) is 0. The van der Waals surface area contributed by atoms with Gasteiger partial charge >= 0.3 is 0 Å². The summed E-state index contributed by atoms with van der Waals surface area (Å²) in [4.78, 5) is 14.1. The molecule has 0 saturated heterocycles. The first-order chi connectivity index (χ1) is 37.2. The molecule has 0 N–H and O–H groups in total. The maximum Gasteiger partial charge on any atom is 0.121 e. The second-order valence-electron chi connectivity index (χ2n) is 22.5. The zero-order valence-corrected chi connectivity index (χ0v) is 47.3. The molecule has 6 heteroatoms. The summed E-state index contributed by atoms with van der Waals surface area (Å²) in [5.41, 5.74) is 16.5. The van der Waals surface area contributed by atoms with Gasteiger partial charge in [0.05, 0.1) is 28.3 Å². The predicted octanol–water partition coefficient (Wildman–Crippen LogP) is 19.1. The molecule has 3 heterocycles. The number of rotatable bonds is 7. The van der Waals surface area contributed by atoms with Gasteiger partial charge < -0.3 is 8.98 Å². The average Bonchev–Trinajstić information content (AvgIpc) is 4.14. The SMILES string of the molecule is CC(C)c1cc(-c2ccc(-c3ccc(C(C)(C)C)cc3)cc2)cc(C(C)C)c1-n1c(-c2[c-]ccc3c2oc2cc4c(ccc5ccccc54)cc23)nc2ccccc21.[2H]C([2H])([2H])c1c[c-]c(-c2nccc(C(C)(C)C)n2)cc1.[Ir]. The minimum absolute atomic E-state index is 0. The Morgan fingerprint density at radius 3 is 1.89 bits per heavy atom. The summed E-state index contributed by atoms with van der Waals surface area (Å²) in [6.45, 7) is 20.1. The van der Waals surface area contributed by atoms with E-state index in [1.54, 1.807) is 18.3 Å². The maximum atomic E-state index is 7.35. The van der Waals surface area contributed by atoms with E-state index in [2.05, 4.69) is 235 Å². The van der Waals surface area contributed by atoms with Gasteiger partial charge in [-0.15, -0.1) is 53.6 Å². The Kier molecular flexibility index (Phi) is 13.0. The van der Waals surface area contributed by atoms with Crippen LogP contribution in [0, 0.1) is 19.0 Å². The molecular formula is C70H64IrN4O-2. The number of nitrogens with zero attached hydrogens (tertiary/aromatic N) is 4. The normalized spacial score (nSPS) is 12.8. The van der Waals surface area contributed by atoms with Crippen molar-refractivity contribution in [1.82, 2.24) is 19.5 Å². The van der Waals surface area contributed by atoms with Crippen molar-refractivity contribution < 1.29 is 28.6 Å². The molecule has 0 atom stereocenters. The molecular weight excluding hydrogens is 1110 g/mol. The number of furan rings is 1. The predicted molar refractivity (Wildman–Crippen MR) is 315 cm³/mol. The van der Waals surface area contributed by atoms with Crippen LogP contribution in [0.3, 0.4) is 0 Å². The van der Waals surface area contributed by atoms with E-state index < -0.39 is 6.85 Å². The monoisotopic (exact) mass is 1170 g/mol. The fourth-order valence-electron chi connectivity index (χ4n) is 10.3. The fourth-order valence-corrected chi connectivity index (χ4v) is 10.3. The summed E-state index contributed by atoms with van der Waals surface area (Å²) >= 11 is 0. The summed E-state index contributed by atoms with van der Waals surface area (Å²) in [6.07, 6.45) is 1.72. The van der Waals surface area contributed by atoms with E-state index in [1.165, 1.54) is 72.2 Å². The molecule has 0 saturated carbocycles. The Labute approximate surface area is 465 Å². The van der Waals surface area contributed by atoms with Gasteiger partial charge in [-0.1, -0.05) is 184 Å². The van der Waals surface area contributed by atoms with Crippen molar-refractivity contribution in [2.24, 2.45) is 0 Å². The first-order valence-electron chi connectivity index (χ1n) is 27.6.